The molecule has 3 unspecified atom stereocenters. The number of benzene rings is 1. The first-order valence-electron chi connectivity index (χ1n) is 6.09. The molecule has 5 nitrogen and oxygen atoms in total. The van der Waals surface area contributed by atoms with Crippen LogP contribution in [0.4, 0.5) is 5.69 Å². The van der Waals surface area contributed by atoms with Gasteiger partial charge in [0.05, 0.1) is 23.7 Å². The Morgan fingerprint density at radius 2 is 2.17 bits per heavy atom. The standard InChI is InChI=1S/C13H17NO4/c1-9-6-11(8-18-9)13(15)7-10-2-4-12(5-3-10)14(16)17/h2-5,9,11,13,15H,6-8H2,1H3. The summed E-state index contributed by atoms with van der Waals surface area (Å²) in [6, 6.07) is 6.33. The van der Waals surface area contributed by atoms with Crippen LogP contribution in [0.3, 0.4) is 0 Å². The van der Waals surface area contributed by atoms with Crippen LogP contribution in [0.1, 0.15) is 18.9 Å². The summed E-state index contributed by atoms with van der Waals surface area (Å²) in [5, 5.41) is 20.6. The number of hydrogen-bond acceptors (Lipinski definition) is 4. The summed E-state index contributed by atoms with van der Waals surface area (Å²) < 4.78 is 5.43. The van der Waals surface area contributed by atoms with Crippen LogP contribution in [0, 0.1) is 16.0 Å². The molecule has 1 N–H and O–H groups in total. The predicted molar refractivity (Wildman–Crippen MR) is 66.3 cm³/mol. The van der Waals surface area contributed by atoms with Gasteiger partial charge in [0.2, 0.25) is 0 Å². The van der Waals surface area contributed by atoms with Gasteiger partial charge in [-0.1, -0.05) is 12.1 Å². The zero-order chi connectivity index (χ0) is 13.1. The molecule has 0 aromatic heterocycles. The largest absolute Gasteiger partial charge is 0.392 e. The number of nitro benzene ring substituents is 1. The molecule has 1 aromatic rings. The molecular formula is C13H17NO4. The Bertz CT molecular complexity index is 418. The molecule has 3 atom stereocenters. The fourth-order valence-corrected chi connectivity index (χ4v) is 2.28. The summed E-state index contributed by atoms with van der Waals surface area (Å²) in [4.78, 5) is 10.1. The highest BCUT2D eigenvalue weighted by Gasteiger charge is 2.28. The smallest absolute Gasteiger partial charge is 0.269 e. The highest BCUT2D eigenvalue weighted by molar-refractivity contribution is 5.33. The number of nitrogens with zero attached hydrogens (tertiary/aromatic N) is 1. The summed E-state index contributed by atoms with van der Waals surface area (Å²) >= 11 is 0. The molecule has 0 saturated carbocycles. The van der Waals surface area contributed by atoms with Crippen LogP contribution in [0.2, 0.25) is 0 Å². The Labute approximate surface area is 106 Å². The van der Waals surface area contributed by atoms with Gasteiger partial charge in [-0.3, -0.25) is 10.1 Å². The van der Waals surface area contributed by atoms with E-state index in [1.807, 2.05) is 6.92 Å². The van der Waals surface area contributed by atoms with Gasteiger partial charge >= 0.3 is 0 Å². The lowest BCUT2D eigenvalue weighted by atomic mass is 9.94. The van der Waals surface area contributed by atoms with E-state index in [9.17, 15) is 15.2 Å². The molecule has 98 valence electrons. The molecular weight excluding hydrogens is 234 g/mol. The Kier molecular flexibility index (Phi) is 3.93. The van der Waals surface area contributed by atoms with Crippen molar-refractivity contribution in [3.05, 3.63) is 39.9 Å². The first-order valence-corrected chi connectivity index (χ1v) is 6.09. The van der Waals surface area contributed by atoms with Crippen LogP contribution < -0.4 is 0 Å². The second-order valence-electron chi connectivity index (χ2n) is 4.83. The van der Waals surface area contributed by atoms with Gasteiger partial charge in [0, 0.05) is 18.1 Å². The maximum Gasteiger partial charge on any atom is 0.269 e. The van der Waals surface area contributed by atoms with E-state index in [4.69, 9.17) is 4.74 Å². The van der Waals surface area contributed by atoms with E-state index in [-0.39, 0.29) is 17.7 Å². The molecule has 1 aliphatic rings. The van der Waals surface area contributed by atoms with Crippen molar-refractivity contribution in [2.75, 3.05) is 6.61 Å². The average Bonchev–Trinajstić information content (AvgIpc) is 2.76. The van der Waals surface area contributed by atoms with Crippen LogP contribution in [0.15, 0.2) is 24.3 Å². The molecule has 0 aliphatic carbocycles. The van der Waals surface area contributed by atoms with Crippen molar-refractivity contribution in [2.45, 2.75) is 32.0 Å². The molecule has 1 aromatic carbocycles. The minimum absolute atomic E-state index is 0.0751. The molecule has 2 rings (SSSR count). The summed E-state index contributed by atoms with van der Waals surface area (Å²) in [6.07, 6.45) is 1.14. The van der Waals surface area contributed by atoms with E-state index in [2.05, 4.69) is 0 Å². The van der Waals surface area contributed by atoms with Crippen molar-refractivity contribution in [2.24, 2.45) is 5.92 Å². The van der Waals surface area contributed by atoms with Crippen molar-refractivity contribution >= 4 is 5.69 Å². The van der Waals surface area contributed by atoms with Gasteiger partial charge in [-0.2, -0.15) is 0 Å². The predicted octanol–water partition coefficient (Wildman–Crippen LogP) is 1.92. The first kappa shape index (κ1) is 13.0. The van der Waals surface area contributed by atoms with Gasteiger partial charge in [0.25, 0.3) is 5.69 Å². The lowest BCUT2D eigenvalue weighted by Gasteiger charge is -2.16. The van der Waals surface area contributed by atoms with Gasteiger partial charge in [-0.25, -0.2) is 0 Å². The highest BCUT2D eigenvalue weighted by Crippen LogP contribution is 2.24. The minimum Gasteiger partial charge on any atom is -0.392 e. The Balaban J connectivity index is 1.94. The van der Waals surface area contributed by atoms with Crippen LogP contribution in [-0.4, -0.2) is 28.8 Å². The van der Waals surface area contributed by atoms with Gasteiger partial charge in [0.1, 0.15) is 0 Å². The lowest BCUT2D eigenvalue weighted by molar-refractivity contribution is -0.384. The number of rotatable bonds is 4. The third-order valence-electron chi connectivity index (χ3n) is 3.37. The van der Waals surface area contributed by atoms with E-state index in [0.717, 1.165) is 12.0 Å². The monoisotopic (exact) mass is 251 g/mol. The Morgan fingerprint density at radius 3 is 2.67 bits per heavy atom. The van der Waals surface area contributed by atoms with Crippen LogP contribution in [0.5, 0.6) is 0 Å². The molecule has 1 fully saturated rings. The second-order valence-corrected chi connectivity index (χ2v) is 4.83. The summed E-state index contributed by atoms with van der Waals surface area (Å²) in [5.41, 5.74) is 0.985. The van der Waals surface area contributed by atoms with E-state index < -0.39 is 11.0 Å². The maximum atomic E-state index is 10.5. The minimum atomic E-state index is -0.448. The molecule has 18 heavy (non-hydrogen) atoms. The molecule has 1 saturated heterocycles. The molecule has 0 bridgehead atoms. The van der Waals surface area contributed by atoms with E-state index >= 15 is 0 Å². The van der Waals surface area contributed by atoms with Crippen LogP contribution in [-0.2, 0) is 11.2 Å². The molecule has 0 amide bonds. The average molecular weight is 251 g/mol. The number of hydrogen-bond donors (Lipinski definition) is 1. The molecule has 0 radical (unpaired) electrons. The number of aliphatic hydroxyl groups excluding tert-OH is 1. The Morgan fingerprint density at radius 1 is 1.50 bits per heavy atom. The van der Waals surface area contributed by atoms with Gasteiger partial charge in [-0.05, 0) is 25.3 Å². The third kappa shape index (κ3) is 3.05. The quantitative estimate of drug-likeness (QED) is 0.655. The summed E-state index contributed by atoms with van der Waals surface area (Å²) in [6.45, 7) is 2.59. The van der Waals surface area contributed by atoms with Crippen molar-refractivity contribution in [1.82, 2.24) is 0 Å². The summed E-state index contributed by atoms with van der Waals surface area (Å²) in [7, 11) is 0. The van der Waals surface area contributed by atoms with Crippen molar-refractivity contribution in [1.29, 1.82) is 0 Å². The highest BCUT2D eigenvalue weighted by atomic mass is 16.6. The zero-order valence-corrected chi connectivity index (χ0v) is 10.3. The number of non-ortho nitro benzene ring substituents is 1. The van der Waals surface area contributed by atoms with Crippen molar-refractivity contribution < 1.29 is 14.8 Å². The zero-order valence-electron chi connectivity index (χ0n) is 10.3. The number of aliphatic hydroxyl groups is 1. The first-order chi connectivity index (χ1) is 8.56. The Hall–Kier alpha value is -1.46. The number of ether oxygens (including phenoxy) is 1. The number of nitro groups is 1. The normalized spacial score (nSPS) is 25.0. The van der Waals surface area contributed by atoms with Gasteiger partial charge in [-0.15, -0.1) is 0 Å². The topological polar surface area (TPSA) is 72.6 Å². The van der Waals surface area contributed by atoms with Crippen molar-refractivity contribution in [3.8, 4) is 0 Å². The van der Waals surface area contributed by atoms with Gasteiger partial charge in [0.15, 0.2) is 0 Å². The van der Waals surface area contributed by atoms with Crippen molar-refractivity contribution in [3.63, 3.8) is 0 Å². The van der Waals surface area contributed by atoms with Gasteiger partial charge < -0.3 is 9.84 Å². The molecule has 1 aliphatic heterocycles. The second kappa shape index (κ2) is 5.46. The third-order valence-corrected chi connectivity index (χ3v) is 3.37. The maximum absolute atomic E-state index is 10.5. The fraction of sp³-hybridized carbons (Fsp3) is 0.538. The van der Waals surface area contributed by atoms with E-state index in [0.29, 0.717) is 13.0 Å². The lowest BCUT2D eigenvalue weighted by Crippen LogP contribution is -2.23. The van der Waals surface area contributed by atoms with Crippen LogP contribution >= 0.6 is 0 Å². The summed E-state index contributed by atoms with van der Waals surface area (Å²) in [5.74, 6) is 0.162. The van der Waals surface area contributed by atoms with E-state index in [1.165, 1.54) is 12.1 Å². The molecule has 5 heteroatoms. The fourth-order valence-electron chi connectivity index (χ4n) is 2.28. The molecule has 0 spiro atoms. The van der Waals surface area contributed by atoms with E-state index in [1.54, 1.807) is 12.1 Å². The van der Waals surface area contributed by atoms with Crippen LogP contribution in [0.25, 0.3) is 0 Å². The SMILES string of the molecule is CC1CC(C(O)Cc2ccc([N+](=O)[O-])cc2)CO1. The molecule has 1 heterocycles.